The van der Waals surface area contributed by atoms with Gasteiger partial charge in [0.25, 0.3) is 0 Å². The minimum atomic E-state index is -0.0742. The molecule has 1 saturated heterocycles. The highest BCUT2D eigenvalue weighted by Crippen LogP contribution is 2.29. The Kier molecular flexibility index (Phi) is 3.38. The monoisotopic (exact) mass is 222 g/mol. The summed E-state index contributed by atoms with van der Waals surface area (Å²) in [7, 11) is 0. The number of rotatable bonds is 3. The molecular weight excluding hydrogens is 204 g/mol. The summed E-state index contributed by atoms with van der Waals surface area (Å²) in [6.07, 6.45) is 3.92. The Morgan fingerprint density at radius 3 is 3.06 bits per heavy atom. The molecule has 1 fully saturated rings. The van der Waals surface area contributed by atoms with Gasteiger partial charge in [-0.25, -0.2) is 4.98 Å². The number of hydrogen-bond donors (Lipinski definition) is 3. The van der Waals surface area contributed by atoms with Crippen molar-refractivity contribution in [1.29, 1.82) is 0 Å². The number of aryl methyl sites for hydroxylation is 1. The van der Waals surface area contributed by atoms with E-state index in [-0.39, 0.29) is 12.1 Å². The molecule has 2 atom stereocenters. The number of aromatic nitrogens is 1. The lowest BCUT2D eigenvalue weighted by molar-refractivity contribution is 0.0784. The van der Waals surface area contributed by atoms with Crippen molar-refractivity contribution < 1.29 is 4.74 Å². The van der Waals surface area contributed by atoms with Gasteiger partial charge < -0.3 is 10.5 Å². The summed E-state index contributed by atoms with van der Waals surface area (Å²) >= 11 is 0. The van der Waals surface area contributed by atoms with Gasteiger partial charge in [0.05, 0.1) is 12.1 Å². The Hall–Kier alpha value is -1.17. The highest BCUT2D eigenvalue weighted by Gasteiger charge is 2.28. The molecule has 1 aromatic rings. The number of nitrogens with one attached hydrogen (secondary N) is 1. The third-order valence-electron chi connectivity index (χ3n) is 2.94. The van der Waals surface area contributed by atoms with Gasteiger partial charge in [0, 0.05) is 18.4 Å². The van der Waals surface area contributed by atoms with Gasteiger partial charge >= 0.3 is 0 Å². The van der Waals surface area contributed by atoms with Crippen LogP contribution in [-0.2, 0) is 4.74 Å². The first-order chi connectivity index (χ1) is 7.72. The Bertz CT molecular complexity index is 363. The molecule has 2 heterocycles. The maximum Gasteiger partial charge on any atom is 0.128 e. The van der Waals surface area contributed by atoms with Crippen LogP contribution < -0.4 is 17.0 Å². The second-order valence-electron chi connectivity index (χ2n) is 4.18. The number of nitrogen functional groups attached to an aromatic ring is 1. The molecule has 1 aromatic heterocycles. The summed E-state index contributed by atoms with van der Waals surface area (Å²) in [5, 5.41) is 0. The number of ether oxygens (including phenoxy) is 1. The molecule has 1 aliphatic rings. The van der Waals surface area contributed by atoms with E-state index in [1.54, 1.807) is 6.20 Å². The van der Waals surface area contributed by atoms with Crippen LogP contribution in [0.2, 0.25) is 0 Å². The molecule has 88 valence electrons. The highest BCUT2D eigenvalue weighted by molar-refractivity contribution is 5.43. The van der Waals surface area contributed by atoms with Crippen molar-refractivity contribution in [1.82, 2.24) is 10.4 Å². The molecule has 0 aliphatic carbocycles. The smallest absolute Gasteiger partial charge is 0.128 e. The van der Waals surface area contributed by atoms with Crippen molar-refractivity contribution >= 4 is 5.82 Å². The van der Waals surface area contributed by atoms with Crippen molar-refractivity contribution in [2.45, 2.75) is 31.9 Å². The lowest BCUT2D eigenvalue weighted by Crippen LogP contribution is -2.37. The number of nitrogens with two attached hydrogens (primary N) is 2. The zero-order valence-electron chi connectivity index (χ0n) is 9.44. The van der Waals surface area contributed by atoms with Crippen molar-refractivity contribution in [3.63, 3.8) is 0 Å². The van der Waals surface area contributed by atoms with Crippen molar-refractivity contribution in [2.75, 3.05) is 12.3 Å². The third-order valence-corrected chi connectivity index (χ3v) is 2.94. The maximum atomic E-state index is 5.87. The molecule has 5 heteroatoms. The minimum Gasteiger partial charge on any atom is -0.383 e. The first kappa shape index (κ1) is 11.3. The first-order valence-corrected chi connectivity index (χ1v) is 5.52. The molecule has 16 heavy (non-hydrogen) atoms. The molecule has 0 amide bonds. The van der Waals surface area contributed by atoms with E-state index in [4.69, 9.17) is 16.3 Å². The zero-order chi connectivity index (χ0) is 11.5. The number of pyridine rings is 1. The van der Waals surface area contributed by atoms with Gasteiger partial charge in [0.1, 0.15) is 5.82 Å². The molecular formula is C11H18N4O. The summed E-state index contributed by atoms with van der Waals surface area (Å²) < 4.78 is 5.63. The lowest BCUT2D eigenvalue weighted by Gasteiger charge is -2.23. The van der Waals surface area contributed by atoms with E-state index in [2.05, 4.69) is 10.4 Å². The van der Waals surface area contributed by atoms with Crippen LogP contribution in [0, 0.1) is 6.92 Å². The van der Waals surface area contributed by atoms with E-state index < -0.39 is 0 Å². The SMILES string of the molecule is Cc1cnc(N)c(C(NN)C2CCCO2)c1. The summed E-state index contributed by atoms with van der Waals surface area (Å²) in [5.74, 6) is 6.11. The van der Waals surface area contributed by atoms with Crippen LogP contribution in [0.15, 0.2) is 12.3 Å². The predicted octanol–water partition coefficient (Wildman–Crippen LogP) is 0.656. The molecule has 0 bridgehead atoms. The fourth-order valence-corrected chi connectivity index (χ4v) is 2.11. The van der Waals surface area contributed by atoms with Crippen LogP contribution in [0.25, 0.3) is 0 Å². The molecule has 5 nitrogen and oxygen atoms in total. The molecule has 0 radical (unpaired) electrons. The topological polar surface area (TPSA) is 86.2 Å². The van der Waals surface area contributed by atoms with E-state index in [0.29, 0.717) is 5.82 Å². The van der Waals surface area contributed by atoms with Gasteiger partial charge in [0.15, 0.2) is 0 Å². The van der Waals surface area contributed by atoms with E-state index >= 15 is 0 Å². The molecule has 0 aromatic carbocycles. The Morgan fingerprint density at radius 2 is 2.44 bits per heavy atom. The average Bonchev–Trinajstić information content (AvgIpc) is 2.78. The summed E-state index contributed by atoms with van der Waals surface area (Å²) in [6.45, 7) is 2.78. The van der Waals surface area contributed by atoms with E-state index in [9.17, 15) is 0 Å². The van der Waals surface area contributed by atoms with Crippen LogP contribution in [0.4, 0.5) is 5.82 Å². The summed E-state index contributed by atoms with van der Waals surface area (Å²) in [4.78, 5) is 4.15. The second kappa shape index (κ2) is 4.78. The fraction of sp³-hybridized carbons (Fsp3) is 0.545. The van der Waals surface area contributed by atoms with E-state index in [1.807, 2.05) is 13.0 Å². The standard InChI is InChI=1S/C11H18N4O/c1-7-5-8(11(12)14-6-7)10(15-13)9-3-2-4-16-9/h5-6,9-10,15H,2-4,13H2,1H3,(H2,12,14). The van der Waals surface area contributed by atoms with Crippen LogP contribution in [-0.4, -0.2) is 17.7 Å². The van der Waals surface area contributed by atoms with Crippen molar-refractivity contribution in [3.8, 4) is 0 Å². The van der Waals surface area contributed by atoms with Gasteiger partial charge in [-0.05, 0) is 31.4 Å². The van der Waals surface area contributed by atoms with Gasteiger partial charge in [-0.3, -0.25) is 11.3 Å². The average molecular weight is 222 g/mol. The van der Waals surface area contributed by atoms with Gasteiger partial charge in [-0.2, -0.15) is 0 Å². The van der Waals surface area contributed by atoms with Gasteiger partial charge in [-0.1, -0.05) is 0 Å². The molecule has 5 N–H and O–H groups in total. The highest BCUT2D eigenvalue weighted by atomic mass is 16.5. The van der Waals surface area contributed by atoms with Crippen LogP contribution in [0.1, 0.15) is 30.0 Å². The van der Waals surface area contributed by atoms with Crippen LogP contribution in [0.5, 0.6) is 0 Å². The van der Waals surface area contributed by atoms with Crippen LogP contribution >= 0.6 is 0 Å². The molecule has 2 unspecified atom stereocenters. The quantitative estimate of drug-likeness (QED) is 0.516. The van der Waals surface area contributed by atoms with Crippen molar-refractivity contribution in [3.05, 3.63) is 23.4 Å². The molecule has 0 saturated carbocycles. The van der Waals surface area contributed by atoms with E-state index in [0.717, 1.165) is 30.6 Å². The molecule has 1 aliphatic heterocycles. The molecule has 0 spiro atoms. The molecule has 2 rings (SSSR count). The lowest BCUT2D eigenvalue weighted by atomic mass is 9.99. The van der Waals surface area contributed by atoms with Gasteiger partial charge in [-0.15, -0.1) is 0 Å². The summed E-state index contributed by atoms with van der Waals surface area (Å²) in [6, 6.07) is 1.93. The number of hydrazine groups is 1. The normalized spacial score (nSPS) is 22.2. The van der Waals surface area contributed by atoms with Crippen LogP contribution in [0.3, 0.4) is 0 Å². The van der Waals surface area contributed by atoms with E-state index in [1.165, 1.54) is 0 Å². The minimum absolute atomic E-state index is 0.0742. The first-order valence-electron chi connectivity index (χ1n) is 5.52. The predicted molar refractivity (Wildman–Crippen MR) is 62.4 cm³/mol. The Labute approximate surface area is 95.1 Å². The second-order valence-corrected chi connectivity index (χ2v) is 4.18. The maximum absolute atomic E-state index is 5.87. The number of anilines is 1. The zero-order valence-corrected chi connectivity index (χ0v) is 9.44. The van der Waals surface area contributed by atoms with Gasteiger partial charge in [0.2, 0.25) is 0 Å². The van der Waals surface area contributed by atoms with Crippen molar-refractivity contribution in [2.24, 2.45) is 5.84 Å². The third kappa shape index (κ3) is 2.16. The summed E-state index contributed by atoms with van der Waals surface area (Å²) in [5.41, 5.74) is 10.7. The Balaban J connectivity index is 2.28. The largest absolute Gasteiger partial charge is 0.383 e. The fourth-order valence-electron chi connectivity index (χ4n) is 2.11. The number of hydrogen-bond acceptors (Lipinski definition) is 5. The Morgan fingerprint density at radius 1 is 1.62 bits per heavy atom. The number of nitrogens with zero attached hydrogens (tertiary/aromatic N) is 1.